The van der Waals surface area contributed by atoms with Crippen molar-refractivity contribution in [2.24, 2.45) is 0 Å². The number of hydrogen-bond donors (Lipinski definition) is 1. The summed E-state index contributed by atoms with van der Waals surface area (Å²) in [6.07, 6.45) is 1.39. The molecule has 7 nitrogen and oxygen atoms in total. The molecule has 1 aromatic carbocycles. The van der Waals surface area contributed by atoms with Crippen LogP contribution in [0.2, 0.25) is 0 Å². The van der Waals surface area contributed by atoms with Crippen molar-refractivity contribution in [3.8, 4) is 6.07 Å². The highest BCUT2D eigenvalue weighted by molar-refractivity contribution is 7.89. The molecule has 1 heterocycles. The molecule has 0 radical (unpaired) electrons. The number of halogens is 1. The van der Waals surface area contributed by atoms with Gasteiger partial charge in [-0.15, -0.1) is 0 Å². The van der Waals surface area contributed by atoms with E-state index < -0.39 is 26.3 Å². The average Bonchev–Trinajstić information content (AvgIpc) is 2.91. The van der Waals surface area contributed by atoms with Gasteiger partial charge in [0.05, 0.1) is 0 Å². The third-order valence-electron chi connectivity index (χ3n) is 2.41. The van der Waals surface area contributed by atoms with Crippen molar-refractivity contribution >= 4 is 10.0 Å². The summed E-state index contributed by atoms with van der Waals surface area (Å²) in [5, 5.41) is 12.2. The van der Waals surface area contributed by atoms with Crippen LogP contribution in [0.1, 0.15) is 11.5 Å². The molecule has 9 heteroatoms. The Kier molecular flexibility index (Phi) is 4.07. The van der Waals surface area contributed by atoms with Gasteiger partial charge in [-0.25, -0.2) is 17.5 Å². The third kappa shape index (κ3) is 2.98. The summed E-state index contributed by atoms with van der Waals surface area (Å²) < 4.78 is 44.3. The van der Waals surface area contributed by atoms with Crippen molar-refractivity contribution in [1.29, 1.82) is 5.26 Å². The third-order valence-corrected chi connectivity index (χ3v) is 3.92. The predicted octanol–water partition coefficient (Wildman–Crippen LogP) is 0.601. The second-order valence-electron chi connectivity index (χ2n) is 3.71. The van der Waals surface area contributed by atoms with E-state index in [1.165, 1.54) is 18.5 Å². The molecular formula is C11H9FN4O3S. The minimum atomic E-state index is -3.98. The lowest BCUT2D eigenvalue weighted by Crippen LogP contribution is -2.27. The van der Waals surface area contributed by atoms with E-state index in [9.17, 15) is 12.8 Å². The molecule has 20 heavy (non-hydrogen) atoms. The van der Waals surface area contributed by atoms with Crippen LogP contribution in [-0.2, 0) is 16.4 Å². The summed E-state index contributed by atoms with van der Waals surface area (Å²) in [5.41, 5.74) is -0.516. The van der Waals surface area contributed by atoms with Gasteiger partial charge in [-0.05, 0) is 12.1 Å². The monoisotopic (exact) mass is 296 g/mol. The van der Waals surface area contributed by atoms with Crippen LogP contribution in [0.3, 0.4) is 0 Å². The van der Waals surface area contributed by atoms with E-state index in [2.05, 4.69) is 14.9 Å². The zero-order valence-corrected chi connectivity index (χ0v) is 10.9. The molecule has 0 saturated carbocycles. The molecule has 0 aliphatic rings. The molecule has 0 amide bonds. The molecule has 0 saturated heterocycles. The second kappa shape index (κ2) is 5.77. The van der Waals surface area contributed by atoms with Gasteiger partial charge in [0.2, 0.25) is 15.9 Å². The number of nitrogens with one attached hydrogen (secondary N) is 1. The normalized spacial score (nSPS) is 11.2. The lowest BCUT2D eigenvalue weighted by atomic mass is 10.2. The van der Waals surface area contributed by atoms with E-state index in [1.54, 1.807) is 0 Å². The van der Waals surface area contributed by atoms with E-state index in [0.29, 0.717) is 0 Å². The van der Waals surface area contributed by atoms with Crippen molar-refractivity contribution in [1.82, 2.24) is 14.9 Å². The Hall–Kier alpha value is -2.31. The molecular weight excluding hydrogens is 287 g/mol. The lowest BCUT2D eigenvalue weighted by molar-refractivity contribution is 0.377. The summed E-state index contributed by atoms with van der Waals surface area (Å²) >= 11 is 0. The minimum Gasteiger partial charge on any atom is -0.340 e. The van der Waals surface area contributed by atoms with Crippen LogP contribution in [0.4, 0.5) is 4.39 Å². The van der Waals surface area contributed by atoms with Gasteiger partial charge in [0.15, 0.2) is 6.33 Å². The molecule has 104 valence electrons. The van der Waals surface area contributed by atoms with E-state index in [0.717, 1.165) is 12.1 Å². The van der Waals surface area contributed by atoms with Gasteiger partial charge in [-0.3, -0.25) is 0 Å². The van der Waals surface area contributed by atoms with E-state index in [4.69, 9.17) is 9.78 Å². The molecule has 1 aromatic heterocycles. The van der Waals surface area contributed by atoms with Crippen molar-refractivity contribution in [3.05, 3.63) is 41.8 Å². The molecule has 0 spiro atoms. The topological polar surface area (TPSA) is 109 Å². The number of benzene rings is 1. The summed E-state index contributed by atoms with van der Waals surface area (Å²) in [6, 6.07) is 4.95. The number of nitriles is 1. The van der Waals surface area contributed by atoms with Crippen LogP contribution < -0.4 is 4.72 Å². The smallest absolute Gasteiger partial charge is 0.242 e. The highest BCUT2D eigenvalue weighted by Gasteiger charge is 2.20. The molecule has 0 aliphatic heterocycles. The first-order valence-electron chi connectivity index (χ1n) is 5.48. The van der Waals surface area contributed by atoms with E-state index in [-0.39, 0.29) is 18.9 Å². The molecule has 0 bridgehead atoms. The van der Waals surface area contributed by atoms with Crippen LogP contribution in [0.15, 0.2) is 33.9 Å². The van der Waals surface area contributed by atoms with Crippen molar-refractivity contribution in [2.75, 3.05) is 6.54 Å². The fourth-order valence-electron chi connectivity index (χ4n) is 1.51. The maximum atomic E-state index is 13.4. The lowest BCUT2D eigenvalue weighted by Gasteiger charge is -2.07. The standard InChI is InChI=1S/C11H9FN4O3S/c12-9-2-1-3-10(8(9)6-13)20(17,18)16-5-4-11-14-7-15-19-11/h1-3,7,16H,4-5H2. The second-order valence-corrected chi connectivity index (χ2v) is 5.44. The quantitative estimate of drug-likeness (QED) is 0.865. The Morgan fingerprint density at radius 3 is 2.90 bits per heavy atom. The first-order valence-corrected chi connectivity index (χ1v) is 6.97. The first kappa shape index (κ1) is 14.1. The number of rotatable bonds is 5. The van der Waals surface area contributed by atoms with Gasteiger partial charge in [0.1, 0.15) is 22.3 Å². The SMILES string of the molecule is N#Cc1c(F)cccc1S(=O)(=O)NCCc1ncno1. The summed E-state index contributed by atoms with van der Waals surface area (Å²) in [7, 11) is -3.98. The average molecular weight is 296 g/mol. The highest BCUT2D eigenvalue weighted by atomic mass is 32.2. The van der Waals surface area contributed by atoms with Crippen LogP contribution in [0.25, 0.3) is 0 Å². The Balaban J connectivity index is 2.15. The Bertz CT molecular complexity index is 738. The molecule has 2 aromatic rings. The molecule has 2 rings (SSSR count). The van der Waals surface area contributed by atoms with Gasteiger partial charge in [-0.2, -0.15) is 10.2 Å². The number of aromatic nitrogens is 2. The van der Waals surface area contributed by atoms with Crippen molar-refractivity contribution in [3.63, 3.8) is 0 Å². The first-order chi connectivity index (χ1) is 9.54. The molecule has 1 N–H and O–H groups in total. The molecule has 0 atom stereocenters. The van der Waals surface area contributed by atoms with Crippen LogP contribution in [-0.4, -0.2) is 25.1 Å². The highest BCUT2D eigenvalue weighted by Crippen LogP contribution is 2.17. The van der Waals surface area contributed by atoms with Gasteiger partial charge < -0.3 is 4.52 Å². The van der Waals surface area contributed by atoms with Gasteiger partial charge >= 0.3 is 0 Å². The maximum absolute atomic E-state index is 13.4. The number of nitrogens with zero attached hydrogens (tertiary/aromatic N) is 3. The number of sulfonamides is 1. The predicted molar refractivity (Wildman–Crippen MR) is 64.3 cm³/mol. The summed E-state index contributed by atoms with van der Waals surface area (Å²) in [6.45, 7) is -0.00803. The van der Waals surface area contributed by atoms with Crippen LogP contribution >= 0.6 is 0 Å². The van der Waals surface area contributed by atoms with Crippen molar-refractivity contribution < 1.29 is 17.3 Å². The van der Waals surface area contributed by atoms with Gasteiger partial charge in [0, 0.05) is 13.0 Å². The van der Waals surface area contributed by atoms with Gasteiger partial charge in [-0.1, -0.05) is 11.2 Å². The number of hydrogen-bond acceptors (Lipinski definition) is 6. The molecule has 0 aliphatic carbocycles. The maximum Gasteiger partial charge on any atom is 0.242 e. The fourth-order valence-corrected chi connectivity index (χ4v) is 2.71. The summed E-state index contributed by atoms with van der Waals surface area (Å²) in [5.74, 6) is -0.611. The Morgan fingerprint density at radius 2 is 2.25 bits per heavy atom. The minimum absolute atomic E-state index is 0.00803. The largest absolute Gasteiger partial charge is 0.340 e. The van der Waals surface area contributed by atoms with E-state index >= 15 is 0 Å². The zero-order chi connectivity index (χ0) is 14.6. The van der Waals surface area contributed by atoms with Crippen LogP contribution in [0, 0.1) is 17.1 Å². The molecule has 0 unspecified atom stereocenters. The zero-order valence-electron chi connectivity index (χ0n) is 10.1. The Morgan fingerprint density at radius 1 is 1.45 bits per heavy atom. The Labute approximate surface area is 114 Å². The molecule has 0 fully saturated rings. The van der Waals surface area contributed by atoms with Gasteiger partial charge in [0.25, 0.3) is 0 Å². The fraction of sp³-hybridized carbons (Fsp3) is 0.182. The van der Waals surface area contributed by atoms with Crippen molar-refractivity contribution in [2.45, 2.75) is 11.3 Å². The van der Waals surface area contributed by atoms with Crippen LogP contribution in [0.5, 0.6) is 0 Å². The van der Waals surface area contributed by atoms with E-state index in [1.807, 2.05) is 0 Å². The summed E-state index contributed by atoms with van der Waals surface area (Å²) in [4.78, 5) is 3.33.